The van der Waals surface area contributed by atoms with E-state index in [1.54, 1.807) is 0 Å². The molecule has 0 N–H and O–H groups in total. The highest BCUT2D eigenvalue weighted by atomic mass is 32.2. The van der Waals surface area contributed by atoms with Crippen molar-refractivity contribution in [3.8, 4) is 0 Å². The molecular formula is C20H29N5O2S. The van der Waals surface area contributed by atoms with Gasteiger partial charge in [0.05, 0.1) is 17.9 Å². The first kappa shape index (κ1) is 19.6. The van der Waals surface area contributed by atoms with Gasteiger partial charge in [-0.15, -0.1) is 5.10 Å². The molecule has 1 atom stereocenters. The second-order valence-electron chi connectivity index (χ2n) is 7.94. The Morgan fingerprint density at radius 3 is 2.79 bits per heavy atom. The van der Waals surface area contributed by atoms with E-state index >= 15 is 0 Å². The molecule has 1 aliphatic heterocycles. The van der Waals surface area contributed by atoms with Crippen LogP contribution in [0, 0.1) is 13.8 Å². The van der Waals surface area contributed by atoms with Crippen LogP contribution in [0.3, 0.4) is 0 Å². The van der Waals surface area contributed by atoms with E-state index in [1.165, 1.54) is 31.0 Å². The average Bonchev–Trinajstić information content (AvgIpc) is 3.44. The summed E-state index contributed by atoms with van der Waals surface area (Å²) in [5.74, 6) is 0.493. The molecule has 1 saturated carbocycles. The third kappa shape index (κ3) is 4.17. The van der Waals surface area contributed by atoms with E-state index in [2.05, 4.69) is 27.0 Å². The van der Waals surface area contributed by atoms with Gasteiger partial charge in [0.25, 0.3) is 0 Å². The first-order valence-corrected chi connectivity index (χ1v) is 11.3. The summed E-state index contributed by atoms with van der Waals surface area (Å²) in [6.45, 7) is 5.78. The van der Waals surface area contributed by atoms with E-state index in [9.17, 15) is 4.79 Å². The molecule has 2 aromatic heterocycles. The van der Waals surface area contributed by atoms with Crippen LogP contribution in [-0.2, 0) is 11.3 Å². The Hall–Kier alpha value is -1.67. The van der Waals surface area contributed by atoms with E-state index in [0.717, 1.165) is 60.9 Å². The van der Waals surface area contributed by atoms with E-state index in [1.807, 2.05) is 17.7 Å². The number of Topliss-reactive ketones (excluding diaryl/α,β-unsaturated/α-hetero) is 1. The van der Waals surface area contributed by atoms with Gasteiger partial charge in [-0.2, -0.15) is 0 Å². The lowest BCUT2D eigenvalue weighted by Crippen LogP contribution is -2.17. The Kier molecular flexibility index (Phi) is 6.16. The van der Waals surface area contributed by atoms with Crippen molar-refractivity contribution in [1.29, 1.82) is 0 Å². The second-order valence-corrected chi connectivity index (χ2v) is 8.88. The third-order valence-corrected chi connectivity index (χ3v) is 6.93. The molecule has 2 fully saturated rings. The minimum absolute atomic E-state index is 0.134. The number of ether oxygens (including phenoxy) is 1. The predicted molar refractivity (Wildman–Crippen MR) is 108 cm³/mol. The molecule has 0 radical (unpaired) electrons. The number of ketones is 1. The van der Waals surface area contributed by atoms with Crippen LogP contribution in [0.25, 0.3) is 0 Å². The molecule has 2 aliphatic rings. The zero-order valence-electron chi connectivity index (χ0n) is 16.8. The summed E-state index contributed by atoms with van der Waals surface area (Å²) < 4.78 is 9.92. The molecule has 0 amide bonds. The van der Waals surface area contributed by atoms with Crippen LogP contribution < -0.4 is 0 Å². The number of aromatic nitrogens is 5. The van der Waals surface area contributed by atoms with Crippen molar-refractivity contribution in [2.45, 2.75) is 82.6 Å². The molecule has 1 aliphatic carbocycles. The number of hydrogen-bond donors (Lipinski definition) is 0. The van der Waals surface area contributed by atoms with Gasteiger partial charge in [-0.1, -0.05) is 31.0 Å². The van der Waals surface area contributed by atoms with Crippen LogP contribution in [0.2, 0.25) is 0 Å². The number of carbonyl (C=O) groups is 1. The highest BCUT2D eigenvalue weighted by Crippen LogP contribution is 2.30. The standard InChI is InChI=1S/C20H29N5O2S/c1-14-11-18(15(2)24(14)12-17-9-6-10-27-17)19(26)13-28-20-21-22-23-25(20)16-7-4-3-5-8-16/h11,16-17H,3-10,12-13H2,1-2H3/t17-/m1/s1. The number of aryl methyl sites for hydroxylation is 1. The van der Waals surface area contributed by atoms with E-state index in [-0.39, 0.29) is 11.9 Å². The monoisotopic (exact) mass is 403 g/mol. The van der Waals surface area contributed by atoms with Crippen LogP contribution in [0.15, 0.2) is 11.2 Å². The maximum absolute atomic E-state index is 12.9. The molecule has 3 heterocycles. The lowest BCUT2D eigenvalue weighted by molar-refractivity contribution is 0.0957. The summed E-state index contributed by atoms with van der Waals surface area (Å²) in [6.07, 6.45) is 8.48. The van der Waals surface area contributed by atoms with Crippen molar-refractivity contribution >= 4 is 17.5 Å². The Morgan fingerprint density at radius 1 is 1.21 bits per heavy atom. The van der Waals surface area contributed by atoms with E-state index < -0.39 is 0 Å². The maximum atomic E-state index is 12.9. The van der Waals surface area contributed by atoms with Gasteiger partial charge in [0.1, 0.15) is 0 Å². The molecule has 28 heavy (non-hydrogen) atoms. The first-order valence-electron chi connectivity index (χ1n) is 10.4. The van der Waals surface area contributed by atoms with Crippen molar-refractivity contribution in [1.82, 2.24) is 24.8 Å². The number of nitrogens with zero attached hydrogens (tertiary/aromatic N) is 5. The fourth-order valence-electron chi connectivity index (χ4n) is 4.40. The topological polar surface area (TPSA) is 74.8 Å². The van der Waals surface area contributed by atoms with Gasteiger partial charge in [0.2, 0.25) is 5.16 Å². The normalized spacial score (nSPS) is 20.7. The number of thioether (sulfide) groups is 1. The average molecular weight is 404 g/mol. The second kappa shape index (κ2) is 8.78. The lowest BCUT2D eigenvalue weighted by atomic mass is 9.96. The molecule has 0 unspecified atom stereocenters. The molecule has 1 saturated heterocycles. The minimum atomic E-state index is 0.134. The first-order chi connectivity index (χ1) is 13.6. The van der Waals surface area contributed by atoms with Crippen LogP contribution in [0.1, 0.15) is 72.7 Å². The van der Waals surface area contributed by atoms with Crippen molar-refractivity contribution in [3.63, 3.8) is 0 Å². The van der Waals surface area contributed by atoms with Crippen molar-refractivity contribution in [3.05, 3.63) is 23.0 Å². The molecule has 0 spiro atoms. The Labute approximate surface area is 170 Å². The Bertz CT molecular complexity index is 819. The summed E-state index contributed by atoms with van der Waals surface area (Å²) in [6, 6.07) is 2.38. The molecule has 0 bridgehead atoms. The molecule has 152 valence electrons. The number of hydrogen-bond acceptors (Lipinski definition) is 6. The van der Waals surface area contributed by atoms with Crippen LogP contribution in [-0.4, -0.2) is 49.0 Å². The highest BCUT2D eigenvalue weighted by Gasteiger charge is 2.23. The third-order valence-electron chi connectivity index (χ3n) is 6.00. The molecule has 4 rings (SSSR count). The zero-order valence-corrected chi connectivity index (χ0v) is 17.6. The zero-order chi connectivity index (χ0) is 19.5. The van der Waals surface area contributed by atoms with Crippen LogP contribution in [0.5, 0.6) is 0 Å². The summed E-state index contributed by atoms with van der Waals surface area (Å²) in [4.78, 5) is 12.9. The fraction of sp³-hybridized carbons (Fsp3) is 0.700. The highest BCUT2D eigenvalue weighted by molar-refractivity contribution is 7.99. The van der Waals surface area contributed by atoms with Gasteiger partial charge in [-0.3, -0.25) is 4.79 Å². The largest absolute Gasteiger partial charge is 0.376 e. The smallest absolute Gasteiger partial charge is 0.210 e. The Morgan fingerprint density at radius 2 is 2.04 bits per heavy atom. The number of rotatable bonds is 7. The molecule has 7 nitrogen and oxygen atoms in total. The van der Waals surface area contributed by atoms with Crippen molar-refractivity contribution in [2.75, 3.05) is 12.4 Å². The maximum Gasteiger partial charge on any atom is 0.210 e. The van der Waals surface area contributed by atoms with Gasteiger partial charge < -0.3 is 9.30 Å². The van der Waals surface area contributed by atoms with Gasteiger partial charge in [0, 0.05) is 30.1 Å². The predicted octanol–water partition coefficient (Wildman–Crippen LogP) is 3.75. The quantitative estimate of drug-likeness (QED) is 0.518. The van der Waals surface area contributed by atoms with Gasteiger partial charge in [0.15, 0.2) is 5.78 Å². The molecule has 8 heteroatoms. The summed E-state index contributed by atoms with van der Waals surface area (Å²) in [7, 11) is 0. The van der Waals surface area contributed by atoms with Crippen LogP contribution in [0.4, 0.5) is 0 Å². The summed E-state index contributed by atoms with van der Waals surface area (Å²) in [5, 5.41) is 13.0. The number of tetrazole rings is 1. The number of carbonyl (C=O) groups excluding carboxylic acids is 1. The summed E-state index contributed by atoms with van der Waals surface area (Å²) in [5.41, 5.74) is 2.96. The van der Waals surface area contributed by atoms with Gasteiger partial charge in [-0.25, -0.2) is 4.68 Å². The van der Waals surface area contributed by atoms with Crippen LogP contribution >= 0.6 is 11.8 Å². The van der Waals surface area contributed by atoms with Gasteiger partial charge in [-0.05, 0) is 56.0 Å². The Balaban J connectivity index is 1.41. The van der Waals surface area contributed by atoms with Gasteiger partial charge >= 0.3 is 0 Å². The molecule has 2 aromatic rings. The minimum Gasteiger partial charge on any atom is -0.376 e. The van der Waals surface area contributed by atoms with E-state index in [0.29, 0.717) is 11.8 Å². The summed E-state index contributed by atoms with van der Waals surface area (Å²) >= 11 is 1.45. The van der Waals surface area contributed by atoms with Crippen molar-refractivity contribution < 1.29 is 9.53 Å². The molecule has 0 aromatic carbocycles. The lowest BCUT2D eigenvalue weighted by Gasteiger charge is -2.21. The van der Waals surface area contributed by atoms with Crippen molar-refractivity contribution in [2.24, 2.45) is 0 Å². The van der Waals surface area contributed by atoms with E-state index in [4.69, 9.17) is 4.74 Å². The molecular weight excluding hydrogens is 374 g/mol. The SMILES string of the molecule is Cc1cc(C(=O)CSc2nnnn2C2CCCCC2)c(C)n1C[C@H]1CCCO1. The fourth-order valence-corrected chi connectivity index (χ4v) is 5.23.